The molecule has 3 N–H and O–H groups in total. The molecule has 0 atom stereocenters. The van der Waals surface area contributed by atoms with E-state index in [0.29, 0.717) is 37.7 Å². The summed E-state index contributed by atoms with van der Waals surface area (Å²) in [6.07, 6.45) is 2.64. The summed E-state index contributed by atoms with van der Waals surface area (Å²) in [6.45, 7) is 3.01. The van der Waals surface area contributed by atoms with Crippen molar-refractivity contribution in [2.45, 2.75) is 26.3 Å². The first-order chi connectivity index (χ1) is 9.04. The zero-order valence-corrected chi connectivity index (χ0v) is 11.6. The minimum Gasteiger partial charge on any atom is -0.444 e. The Labute approximate surface area is 116 Å². The second kappa shape index (κ2) is 5.66. The Hall–Kier alpha value is -1.47. The zero-order valence-electron chi connectivity index (χ0n) is 10.8. The minimum atomic E-state index is -0.810. The van der Waals surface area contributed by atoms with E-state index in [0.717, 1.165) is 0 Å². The van der Waals surface area contributed by atoms with Crippen LogP contribution in [-0.2, 0) is 16.1 Å². The van der Waals surface area contributed by atoms with Crippen molar-refractivity contribution >= 4 is 23.1 Å². The van der Waals surface area contributed by atoms with Crippen LogP contribution in [0.4, 0.5) is 0 Å². The van der Waals surface area contributed by atoms with Crippen molar-refractivity contribution in [3.05, 3.63) is 17.8 Å². The number of hydrogen-bond acceptors (Lipinski definition) is 5. The summed E-state index contributed by atoms with van der Waals surface area (Å²) >= 11 is 5.06. The number of nitrogens with one attached hydrogen (secondary N) is 1. The fraction of sp³-hybridized carbons (Fsp3) is 0.583. The quantitative estimate of drug-likeness (QED) is 0.790. The van der Waals surface area contributed by atoms with Gasteiger partial charge in [0.2, 0.25) is 11.8 Å². The van der Waals surface area contributed by atoms with Crippen LogP contribution in [0.5, 0.6) is 0 Å². The Morgan fingerprint density at radius 3 is 2.79 bits per heavy atom. The number of aryl methyl sites for hydroxylation is 1. The molecule has 6 nitrogen and oxygen atoms in total. The topological polar surface area (TPSA) is 90.4 Å². The Bertz CT molecular complexity index is 480. The summed E-state index contributed by atoms with van der Waals surface area (Å²) in [5, 5.41) is 2.79. The van der Waals surface area contributed by atoms with Crippen molar-refractivity contribution in [2.24, 2.45) is 11.1 Å². The summed E-state index contributed by atoms with van der Waals surface area (Å²) < 4.78 is 10.6. The van der Waals surface area contributed by atoms with Gasteiger partial charge >= 0.3 is 0 Å². The van der Waals surface area contributed by atoms with E-state index in [1.165, 1.54) is 0 Å². The van der Waals surface area contributed by atoms with E-state index in [2.05, 4.69) is 10.3 Å². The van der Waals surface area contributed by atoms with E-state index in [9.17, 15) is 4.79 Å². The van der Waals surface area contributed by atoms with Crippen LogP contribution in [0.3, 0.4) is 0 Å². The van der Waals surface area contributed by atoms with Gasteiger partial charge in [0.1, 0.15) is 11.2 Å². The van der Waals surface area contributed by atoms with Crippen molar-refractivity contribution in [3.8, 4) is 0 Å². The van der Waals surface area contributed by atoms with Gasteiger partial charge in [-0.3, -0.25) is 4.79 Å². The lowest BCUT2D eigenvalue weighted by atomic mass is 9.79. The maximum Gasteiger partial charge on any atom is 0.233 e. The van der Waals surface area contributed by atoms with Crippen LogP contribution in [0.25, 0.3) is 0 Å². The molecule has 7 heteroatoms. The average Bonchev–Trinajstić information content (AvgIpc) is 2.82. The molecule has 1 fully saturated rings. The molecular weight excluding hydrogens is 266 g/mol. The number of thiocarbonyl (C=S) groups is 1. The third kappa shape index (κ3) is 2.93. The second-order valence-corrected chi connectivity index (χ2v) is 5.05. The van der Waals surface area contributed by atoms with Gasteiger partial charge in [-0.2, -0.15) is 0 Å². The van der Waals surface area contributed by atoms with Gasteiger partial charge in [0.25, 0.3) is 0 Å². The van der Waals surface area contributed by atoms with Gasteiger partial charge in [-0.25, -0.2) is 4.98 Å². The van der Waals surface area contributed by atoms with Crippen LogP contribution in [-0.4, -0.2) is 29.1 Å². The lowest BCUT2D eigenvalue weighted by Crippen LogP contribution is -2.51. The Morgan fingerprint density at radius 2 is 2.26 bits per heavy atom. The maximum absolute atomic E-state index is 12.3. The van der Waals surface area contributed by atoms with Crippen LogP contribution in [0.15, 0.2) is 10.6 Å². The van der Waals surface area contributed by atoms with Crippen LogP contribution in [0, 0.1) is 12.3 Å². The maximum atomic E-state index is 12.3. The van der Waals surface area contributed by atoms with E-state index in [-0.39, 0.29) is 17.4 Å². The summed E-state index contributed by atoms with van der Waals surface area (Å²) in [7, 11) is 0. The van der Waals surface area contributed by atoms with Crippen LogP contribution >= 0.6 is 12.2 Å². The summed E-state index contributed by atoms with van der Waals surface area (Å²) in [4.78, 5) is 16.6. The number of rotatable bonds is 4. The molecule has 2 rings (SSSR count). The molecule has 0 spiro atoms. The molecule has 1 saturated heterocycles. The Kier molecular flexibility index (Phi) is 4.16. The predicted octanol–water partition coefficient (Wildman–Crippen LogP) is 0.682. The minimum absolute atomic E-state index is 0.181. The number of oxazole rings is 1. The van der Waals surface area contributed by atoms with Gasteiger partial charge in [-0.15, -0.1) is 0 Å². The SMILES string of the molecule is Cc1cnc(CNC(=O)C2(C(N)=S)CCOCC2)o1. The van der Waals surface area contributed by atoms with Gasteiger partial charge < -0.3 is 20.2 Å². The standard InChI is InChI=1S/C12H17N3O3S/c1-8-6-14-9(18-8)7-15-11(16)12(10(13)19)2-4-17-5-3-12/h6H,2-5,7H2,1H3,(H2,13,19)(H,15,16). The molecule has 2 heterocycles. The number of ether oxygens (including phenoxy) is 1. The van der Waals surface area contributed by atoms with Crippen molar-refractivity contribution < 1.29 is 13.9 Å². The number of hydrogen-bond donors (Lipinski definition) is 2. The van der Waals surface area contributed by atoms with Crippen molar-refractivity contribution in [2.75, 3.05) is 13.2 Å². The van der Waals surface area contributed by atoms with E-state index in [1.54, 1.807) is 13.1 Å². The van der Waals surface area contributed by atoms with Gasteiger partial charge in [0.15, 0.2) is 0 Å². The van der Waals surface area contributed by atoms with E-state index < -0.39 is 5.41 Å². The first-order valence-corrected chi connectivity index (χ1v) is 6.53. The molecule has 1 amide bonds. The highest BCUT2D eigenvalue weighted by atomic mass is 32.1. The number of aromatic nitrogens is 1. The van der Waals surface area contributed by atoms with Crippen molar-refractivity contribution in [1.82, 2.24) is 10.3 Å². The molecule has 1 aromatic heterocycles. The third-order valence-corrected chi connectivity index (χ3v) is 3.71. The molecule has 1 aromatic rings. The second-order valence-electron chi connectivity index (χ2n) is 4.61. The molecule has 104 valence electrons. The highest BCUT2D eigenvalue weighted by molar-refractivity contribution is 7.80. The molecule has 1 aliphatic rings. The van der Waals surface area contributed by atoms with Crippen LogP contribution < -0.4 is 11.1 Å². The smallest absolute Gasteiger partial charge is 0.233 e. The number of nitrogens with zero attached hydrogens (tertiary/aromatic N) is 1. The number of carbonyl (C=O) groups excluding carboxylic acids is 1. The van der Waals surface area contributed by atoms with Crippen molar-refractivity contribution in [1.29, 1.82) is 0 Å². The molecule has 0 unspecified atom stereocenters. The van der Waals surface area contributed by atoms with E-state index >= 15 is 0 Å². The first kappa shape index (κ1) is 14.0. The molecule has 0 bridgehead atoms. The van der Waals surface area contributed by atoms with Gasteiger partial charge in [-0.1, -0.05) is 12.2 Å². The number of carbonyl (C=O) groups is 1. The van der Waals surface area contributed by atoms with Crippen molar-refractivity contribution in [3.63, 3.8) is 0 Å². The highest BCUT2D eigenvalue weighted by Gasteiger charge is 2.42. The number of nitrogens with two attached hydrogens (primary N) is 1. The van der Waals surface area contributed by atoms with Gasteiger partial charge in [0.05, 0.1) is 17.7 Å². The summed E-state index contributed by atoms with van der Waals surface area (Å²) in [6, 6.07) is 0. The molecule has 0 radical (unpaired) electrons. The van der Waals surface area contributed by atoms with Crippen LogP contribution in [0.2, 0.25) is 0 Å². The number of amides is 1. The molecular formula is C12H17N3O3S. The monoisotopic (exact) mass is 283 g/mol. The lowest BCUT2D eigenvalue weighted by molar-refractivity contribution is -0.131. The van der Waals surface area contributed by atoms with E-state index in [1.807, 2.05) is 0 Å². The van der Waals surface area contributed by atoms with Gasteiger partial charge in [-0.05, 0) is 19.8 Å². The normalized spacial score (nSPS) is 17.9. The summed E-state index contributed by atoms with van der Waals surface area (Å²) in [5.41, 5.74) is 4.94. The highest BCUT2D eigenvalue weighted by Crippen LogP contribution is 2.31. The lowest BCUT2D eigenvalue weighted by Gasteiger charge is -2.34. The fourth-order valence-electron chi connectivity index (χ4n) is 2.11. The zero-order chi connectivity index (χ0) is 13.9. The van der Waals surface area contributed by atoms with Gasteiger partial charge in [0, 0.05) is 13.2 Å². The largest absolute Gasteiger partial charge is 0.444 e. The Morgan fingerprint density at radius 1 is 1.58 bits per heavy atom. The molecule has 0 aliphatic carbocycles. The molecule has 0 aromatic carbocycles. The Balaban J connectivity index is 2.02. The average molecular weight is 283 g/mol. The fourth-order valence-corrected chi connectivity index (χ4v) is 2.41. The molecule has 0 saturated carbocycles. The van der Waals surface area contributed by atoms with Crippen LogP contribution in [0.1, 0.15) is 24.5 Å². The molecule has 19 heavy (non-hydrogen) atoms. The summed E-state index contributed by atoms with van der Waals surface area (Å²) in [5.74, 6) is 0.995. The third-order valence-electron chi connectivity index (χ3n) is 3.32. The predicted molar refractivity (Wildman–Crippen MR) is 72.4 cm³/mol. The first-order valence-electron chi connectivity index (χ1n) is 6.12. The molecule has 1 aliphatic heterocycles. The van der Waals surface area contributed by atoms with E-state index in [4.69, 9.17) is 27.1 Å².